The standard InChI is InChI=1S/C25H27F2NS/c1-19(7-8-20-5-3-2-4-6-20)28-17-18-29-25(21-9-13-23(26)14-10-21)22-11-15-24(27)16-12-22/h2-6,9-16,19,25,28H,7-8,17-18H2,1H3. The van der Waals surface area contributed by atoms with Gasteiger partial charge in [-0.2, -0.15) is 0 Å². The SMILES string of the molecule is CC(CCc1ccccc1)NCCSC(c1ccc(F)cc1)c1ccc(F)cc1. The fourth-order valence-electron chi connectivity index (χ4n) is 3.27. The highest BCUT2D eigenvalue weighted by molar-refractivity contribution is 7.99. The first-order chi connectivity index (χ1) is 14.1. The summed E-state index contributed by atoms with van der Waals surface area (Å²) in [6, 6.07) is 24.1. The van der Waals surface area contributed by atoms with Gasteiger partial charge in [-0.25, -0.2) is 8.78 Å². The van der Waals surface area contributed by atoms with Gasteiger partial charge in [0, 0.05) is 18.3 Å². The lowest BCUT2D eigenvalue weighted by atomic mass is 10.0. The number of hydrogen-bond donors (Lipinski definition) is 1. The summed E-state index contributed by atoms with van der Waals surface area (Å²) in [7, 11) is 0. The Balaban J connectivity index is 1.52. The van der Waals surface area contributed by atoms with Crippen molar-refractivity contribution in [3.63, 3.8) is 0 Å². The lowest BCUT2D eigenvalue weighted by Gasteiger charge is -2.19. The van der Waals surface area contributed by atoms with Gasteiger partial charge < -0.3 is 5.32 Å². The van der Waals surface area contributed by atoms with Gasteiger partial charge in [-0.1, -0.05) is 54.6 Å². The van der Waals surface area contributed by atoms with Gasteiger partial charge in [0.15, 0.2) is 0 Å². The summed E-state index contributed by atoms with van der Waals surface area (Å²) in [4.78, 5) is 0. The first kappa shape index (κ1) is 21.5. The van der Waals surface area contributed by atoms with Crippen LogP contribution in [0.1, 0.15) is 35.3 Å². The highest BCUT2D eigenvalue weighted by Crippen LogP contribution is 2.35. The van der Waals surface area contributed by atoms with Gasteiger partial charge in [-0.15, -0.1) is 11.8 Å². The normalized spacial score (nSPS) is 12.3. The summed E-state index contributed by atoms with van der Waals surface area (Å²) < 4.78 is 26.7. The molecule has 0 aliphatic heterocycles. The van der Waals surface area contributed by atoms with Crippen molar-refractivity contribution < 1.29 is 8.78 Å². The fraction of sp³-hybridized carbons (Fsp3) is 0.280. The largest absolute Gasteiger partial charge is 0.313 e. The molecule has 4 heteroatoms. The molecule has 0 radical (unpaired) electrons. The molecule has 1 N–H and O–H groups in total. The van der Waals surface area contributed by atoms with Crippen molar-refractivity contribution in [3.8, 4) is 0 Å². The van der Waals surface area contributed by atoms with Gasteiger partial charge >= 0.3 is 0 Å². The summed E-state index contributed by atoms with van der Waals surface area (Å²) in [6.45, 7) is 3.10. The van der Waals surface area contributed by atoms with E-state index in [9.17, 15) is 8.78 Å². The zero-order chi connectivity index (χ0) is 20.5. The second-order valence-corrected chi connectivity index (χ2v) is 8.45. The topological polar surface area (TPSA) is 12.0 Å². The lowest BCUT2D eigenvalue weighted by molar-refractivity contribution is 0.532. The molecule has 0 bridgehead atoms. The molecule has 152 valence electrons. The Morgan fingerprint density at radius 3 is 1.90 bits per heavy atom. The van der Waals surface area contributed by atoms with E-state index in [4.69, 9.17) is 0 Å². The minimum absolute atomic E-state index is 0.0534. The summed E-state index contributed by atoms with van der Waals surface area (Å²) in [5, 5.41) is 3.64. The van der Waals surface area contributed by atoms with E-state index < -0.39 is 0 Å². The van der Waals surface area contributed by atoms with Gasteiger partial charge in [0.05, 0.1) is 5.25 Å². The van der Waals surface area contributed by atoms with Crippen LogP contribution in [0.5, 0.6) is 0 Å². The van der Waals surface area contributed by atoms with E-state index >= 15 is 0 Å². The van der Waals surface area contributed by atoms with Crippen molar-refractivity contribution in [2.45, 2.75) is 31.1 Å². The zero-order valence-corrected chi connectivity index (χ0v) is 17.5. The Kier molecular flexibility index (Phi) is 8.26. The number of aryl methyl sites for hydroxylation is 1. The van der Waals surface area contributed by atoms with E-state index in [1.165, 1.54) is 29.8 Å². The van der Waals surface area contributed by atoms with Crippen LogP contribution in [0.4, 0.5) is 8.78 Å². The summed E-state index contributed by atoms with van der Waals surface area (Å²) in [5.74, 6) is 0.422. The third-order valence-corrected chi connectivity index (χ3v) is 6.25. The average molecular weight is 412 g/mol. The maximum absolute atomic E-state index is 13.3. The fourth-order valence-corrected chi connectivity index (χ4v) is 4.44. The summed E-state index contributed by atoms with van der Waals surface area (Å²) in [6.07, 6.45) is 2.16. The molecule has 0 amide bonds. The molecule has 0 fully saturated rings. The van der Waals surface area contributed by atoms with Crippen molar-refractivity contribution in [2.24, 2.45) is 0 Å². The molecule has 0 spiro atoms. The molecule has 0 aliphatic carbocycles. The molecule has 1 atom stereocenters. The molecule has 1 nitrogen and oxygen atoms in total. The third-order valence-electron chi connectivity index (χ3n) is 4.93. The van der Waals surface area contributed by atoms with Crippen molar-refractivity contribution >= 4 is 11.8 Å². The number of halogens is 2. The van der Waals surface area contributed by atoms with E-state index in [1.54, 1.807) is 11.8 Å². The Labute approximate surface area is 176 Å². The van der Waals surface area contributed by atoms with Crippen molar-refractivity contribution in [1.29, 1.82) is 0 Å². The first-order valence-electron chi connectivity index (χ1n) is 10.0. The number of thioether (sulfide) groups is 1. The highest BCUT2D eigenvalue weighted by Gasteiger charge is 2.15. The maximum Gasteiger partial charge on any atom is 0.123 e. The molecule has 3 aromatic rings. The Morgan fingerprint density at radius 1 is 0.793 bits per heavy atom. The zero-order valence-electron chi connectivity index (χ0n) is 16.7. The lowest BCUT2D eigenvalue weighted by Crippen LogP contribution is -2.28. The summed E-state index contributed by atoms with van der Waals surface area (Å²) >= 11 is 1.79. The Bertz CT molecular complexity index is 805. The van der Waals surface area contributed by atoms with E-state index in [0.717, 1.165) is 36.3 Å². The van der Waals surface area contributed by atoms with Crippen LogP contribution >= 0.6 is 11.8 Å². The van der Waals surface area contributed by atoms with Gasteiger partial charge in [-0.05, 0) is 60.7 Å². The molecule has 0 heterocycles. The molecule has 0 saturated carbocycles. The molecule has 29 heavy (non-hydrogen) atoms. The first-order valence-corrected chi connectivity index (χ1v) is 11.1. The number of rotatable bonds is 10. The molecule has 3 rings (SSSR count). The van der Waals surface area contributed by atoms with E-state index in [0.29, 0.717) is 6.04 Å². The van der Waals surface area contributed by atoms with Gasteiger partial charge in [0.25, 0.3) is 0 Å². The number of nitrogens with one attached hydrogen (secondary N) is 1. The quantitative estimate of drug-likeness (QED) is 0.388. The second kappa shape index (κ2) is 11.1. The van der Waals surface area contributed by atoms with Crippen molar-refractivity contribution in [2.75, 3.05) is 12.3 Å². The smallest absolute Gasteiger partial charge is 0.123 e. The van der Waals surface area contributed by atoms with Gasteiger partial charge in [-0.3, -0.25) is 0 Å². The van der Waals surface area contributed by atoms with Crippen molar-refractivity contribution in [3.05, 3.63) is 107 Å². The number of benzene rings is 3. The van der Waals surface area contributed by atoms with Crippen LogP contribution in [0.3, 0.4) is 0 Å². The molecule has 1 unspecified atom stereocenters. The Morgan fingerprint density at radius 2 is 1.34 bits per heavy atom. The van der Waals surface area contributed by atoms with Crippen LogP contribution in [0.2, 0.25) is 0 Å². The van der Waals surface area contributed by atoms with Crippen molar-refractivity contribution in [1.82, 2.24) is 5.32 Å². The van der Waals surface area contributed by atoms with Crippen LogP contribution < -0.4 is 5.32 Å². The third kappa shape index (κ3) is 6.98. The van der Waals surface area contributed by atoms with E-state index in [-0.39, 0.29) is 16.9 Å². The van der Waals surface area contributed by atoms with Crippen LogP contribution in [0.15, 0.2) is 78.9 Å². The predicted molar refractivity (Wildman–Crippen MR) is 119 cm³/mol. The maximum atomic E-state index is 13.3. The molecular weight excluding hydrogens is 384 g/mol. The molecular formula is C25H27F2NS. The van der Waals surface area contributed by atoms with Crippen LogP contribution in [0.25, 0.3) is 0 Å². The van der Waals surface area contributed by atoms with E-state index in [2.05, 4.69) is 36.5 Å². The molecule has 0 aliphatic rings. The minimum Gasteiger partial charge on any atom is -0.313 e. The Hall–Kier alpha value is -2.17. The highest BCUT2D eigenvalue weighted by atomic mass is 32.2. The van der Waals surface area contributed by atoms with Crippen LogP contribution in [-0.2, 0) is 6.42 Å². The minimum atomic E-state index is -0.245. The van der Waals surface area contributed by atoms with E-state index in [1.807, 2.05) is 30.3 Å². The predicted octanol–water partition coefficient (Wildman–Crippen LogP) is 6.40. The monoisotopic (exact) mass is 411 g/mol. The summed E-state index contributed by atoms with van der Waals surface area (Å²) in [5.41, 5.74) is 3.42. The molecule has 0 saturated heterocycles. The van der Waals surface area contributed by atoms with Gasteiger partial charge in [0.2, 0.25) is 0 Å². The molecule has 0 aromatic heterocycles. The van der Waals surface area contributed by atoms with Crippen LogP contribution in [0, 0.1) is 11.6 Å². The molecule has 3 aromatic carbocycles. The average Bonchev–Trinajstić information content (AvgIpc) is 2.75. The second-order valence-electron chi connectivity index (χ2n) is 7.23. The van der Waals surface area contributed by atoms with Gasteiger partial charge in [0.1, 0.15) is 11.6 Å². The number of hydrogen-bond acceptors (Lipinski definition) is 2. The van der Waals surface area contributed by atoms with Crippen LogP contribution in [-0.4, -0.2) is 18.3 Å².